The van der Waals surface area contributed by atoms with Gasteiger partial charge in [-0.1, -0.05) is 12.1 Å². The van der Waals surface area contributed by atoms with E-state index >= 15 is 0 Å². The molecule has 0 N–H and O–H groups in total. The van der Waals surface area contributed by atoms with Crippen LogP contribution in [0.1, 0.15) is 28.3 Å². The van der Waals surface area contributed by atoms with Gasteiger partial charge in [0.25, 0.3) is 5.91 Å². The first-order valence-corrected chi connectivity index (χ1v) is 9.17. The Bertz CT molecular complexity index is 903. The summed E-state index contributed by atoms with van der Waals surface area (Å²) >= 11 is 1.50. The molecule has 1 aliphatic heterocycles. The van der Waals surface area contributed by atoms with Crippen molar-refractivity contribution in [2.75, 3.05) is 13.1 Å². The number of nitrogens with zero attached hydrogens (tertiary/aromatic N) is 4. The minimum atomic E-state index is 0.00768. The molecule has 128 valence electrons. The molecule has 1 fully saturated rings. The van der Waals surface area contributed by atoms with E-state index in [-0.39, 0.29) is 12.0 Å². The molecule has 1 aromatic carbocycles. The fourth-order valence-electron chi connectivity index (χ4n) is 2.97. The number of aromatic nitrogens is 3. The maximum absolute atomic E-state index is 12.4. The lowest BCUT2D eigenvalue weighted by molar-refractivity contribution is 0.0583. The molecule has 0 radical (unpaired) electrons. The number of carbonyl (C=O) groups excluding carboxylic acids is 1. The number of ether oxygens (including phenoxy) is 1. The van der Waals surface area contributed by atoms with Crippen LogP contribution in [0.5, 0.6) is 5.88 Å². The van der Waals surface area contributed by atoms with E-state index in [0.29, 0.717) is 24.7 Å². The molecular formula is C18H18N4O2S. The predicted octanol–water partition coefficient (Wildman–Crippen LogP) is 3.08. The Balaban J connectivity index is 1.37. The van der Waals surface area contributed by atoms with Gasteiger partial charge in [0, 0.05) is 31.3 Å². The minimum Gasteiger partial charge on any atom is -0.473 e. The third-order valence-corrected chi connectivity index (χ3v) is 5.05. The van der Waals surface area contributed by atoms with Gasteiger partial charge in [-0.15, -0.1) is 11.3 Å². The highest BCUT2D eigenvalue weighted by Crippen LogP contribution is 2.20. The highest BCUT2D eigenvalue weighted by atomic mass is 32.1. The van der Waals surface area contributed by atoms with Gasteiger partial charge in [-0.05, 0) is 19.1 Å². The van der Waals surface area contributed by atoms with Crippen LogP contribution in [0.3, 0.4) is 0 Å². The molecule has 0 bridgehead atoms. The van der Waals surface area contributed by atoms with E-state index in [1.807, 2.05) is 41.5 Å². The molecule has 2 aromatic heterocycles. The number of carbonyl (C=O) groups is 1. The second kappa shape index (κ2) is 6.76. The molecule has 3 aromatic rings. The molecule has 0 spiro atoms. The van der Waals surface area contributed by atoms with E-state index in [1.54, 1.807) is 6.20 Å². The summed E-state index contributed by atoms with van der Waals surface area (Å²) < 4.78 is 5.98. The summed E-state index contributed by atoms with van der Waals surface area (Å²) in [5.74, 6) is 0.548. The van der Waals surface area contributed by atoms with Crippen molar-refractivity contribution < 1.29 is 9.53 Å². The monoisotopic (exact) mass is 354 g/mol. The second-order valence-electron chi connectivity index (χ2n) is 6.06. The van der Waals surface area contributed by atoms with Crippen LogP contribution in [0.4, 0.5) is 0 Å². The molecular weight excluding hydrogens is 336 g/mol. The minimum absolute atomic E-state index is 0.00768. The fourth-order valence-corrected chi connectivity index (χ4v) is 3.55. The topological polar surface area (TPSA) is 68.2 Å². The second-order valence-corrected chi connectivity index (χ2v) is 7.12. The Kier molecular flexibility index (Phi) is 4.31. The normalized spacial score (nSPS) is 15.5. The van der Waals surface area contributed by atoms with E-state index < -0.39 is 0 Å². The lowest BCUT2D eigenvalue weighted by Gasteiger charge is -2.31. The number of fused-ring (bicyclic) bond motifs is 1. The Morgan fingerprint density at radius 3 is 2.68 bits per heavy atom. The van der Waals surface area contributed by atoms with E-state index in [4.69, 9.17) is 4.74 Å². The largest absolute Gasteiger partial charge is 0.473 e. The Morgan fingerprint density at radius 1 is 1.20 bits per heavy atom. The molecule has 25 heavy (non-hydrogen) atoms. The standard InChI is InChI=1S/C18H18N4O2S/c1-12-20-16(11-25-12)18(23)22-8-6-13(7-9-22)24-17-10-19-14-4-2-3-5-15(14)21-17/h2-5,10-11,13H,6-9H2,1H3. The van der Waals surface area contributed by atoms with Gasteiger partial charge in [-0.3, -0.25) is 4.79 Å². The maximum Gasteiger partial charge on any atom is 0.273 e. The molecule has 0 saturated carbocycles. The lowest BCUT2D eigenvalue weighted by Crippen LogP contribution is -2.42. The van der Waals surface area contributed by atoms with Gasteiger partial charge < -0.3 is 9.64 Å². The highest BCUT2D eigenvalue weighted by molar-refractivity contribution is 7.09. The molecule has 0 unspecified atom stereocenters. The summed E-state index contributed by atoms with van der Waals surface area (Å²) in [5.41, 5.74) is 2.22. The number of benzene rings is 1. The summed E-state index contributed by atoms with van der Waals surface area (Å²) in [5, 5.41) is 2.74. The molecule has 0 aliphatic carbocycles. The quantitative estimate of drug-likeness (QED) is 0.723. The van der Waals surface area contributed by atoms with E-state index in [1.165, 1.54) is 11.3 Å². The smallest absolute Gasteiger partial charge is 0.273 e. The molecule has 3 heterocycles. The summed E-state index contributed by atoms with van der Waals surface area (Å²) in [6.07, 6.45) is 3.28. The lowest BCUT2D eigenvalue weighted by atomic mass is 10.1. The first-order chi connectivity index (χ1) is 12.2. The van der Waals surface area contributed by atoms with Crippen molar-refractivity contribution in [2.45, 2.75) is 25.9 Å². The third-order valence-electron chi connectivity index (χ3n) is 4.28. The first kappa shape index (κ1) is 16.0. The molecule has 7 heteroatoms. The van der Waals surface area contributed by atoms with E-state index in [9.17, 15) is 4.79 Å². The van der Waals surface area contributed by atoms with Crippen LogP contribution in [-0.2, 0) is 0 Å². The van der Waals surface area contributed by atoms with Crippen LogP contribution < -0.4 is 4.74 Å². The predicted molar refractivity (Wildman–Crippen MR) is 95.9 cm³/mol. The Morgan fingerprint density at radius 2 is 1.96 bits per heavy atom. The van der Waals surface area contributed by atoms with Crippen LogP contribution in [-0.4, -0.2) is 45.0 Å². The number of aryl methyl sites for hydroxylation is 1. The number of piperidine rings is 1. The zero-order valence-corrected chi connectivity index (χ0v) is 14.7. The van der Waals surface area contributed by atoms with Crippen molar-refractivity contribution in [2.24, 2.45) is 0 Å². The number of rotatable bonds is 3. The van der Waals surface area contributed by atoms with Crippen molar-refractivity contribution >= 4 is 28.3 Å². The van der Waals surface area contributed by atoms with Crippen molar-refractivity contribution in [3.05, 3.63) is 46.5 Å². The molecule has 1 amide bonds. The summed E-state index contributed by atoms with van der Waals surface area (Å²) in [6.45, 7) is 3.24. The van der Waals surface area contributed by atoms with Crippen LogP contribution in [0.15, 0.2) is 35.8 Å². The van der Waals surface area contributed by atoms with Crippen LogP contribution >= 0.6 is 11.3 Å². The molecule has 6 nitrogen and oxygen atoms in total. The average Bonchev–Trinajstić information content (AvgIpc) is 3.08. The number of thiazole rings is 1. The van der Waals surface area contributed by atoms with Crippen molar-refractivity contribution in [3.63, 3.8) is 0 Å². The number of likely N-dealkylation sites (tertiary alicyclic amines) is 1. The van der Waals surface area contributed by atoms with Gasteiger partial charge in [0.15, 0.2) is 0 Å². The van der Waals surface area contributed by atoms with Crippen molar-refractivity contribution in [1.29, 1.82) is 0 Å². The van der Waals surface area contributed by atoms with Gasteiger partial charge in [-0.25, -0.2) is 15.0 Å². The maximum atomic E-state index is 12.4. The number of hydrogen-bond acceptors (Lipinski definition) is 6. The Labute approximate surface area is 149 Å². The van der Waals surface area contributed by atoms with Gasteiger partial charge in [0.05, 0.1) is 22.2 Å². The summed E-state index contributed by atoms with van der Waals surface area (Å²) in [6, 6.07) is 7.72. The van der Waals surface area contributed by atoms with Gasteiger partial charge in [-0.2, -0.15) is 0 Å². The SMILES string of the molecule is Cc1nc(C(=O)N2CCC(Oc3cnc4ccccc4n3)CC2)cs1. The highest BCUT2D eigenvalue weighted by Gasteiger charge is 2.26. The van der Waals surface area contributed by atoms with E-state index in [0.717, 1.165) is 28.9 Å². The number of para-hydroxylation sites is 2. The zero-order valence-electron chi connectivity index (χ0n) is 13.9. The summed E-state index contributed by atoms with van der Waals surface area (Å²) in [7, 11) is 0. The molecule has 1 aliphatic rings. The van der Waals surface area contributed by atoms with Crippen LogP contribution in [0, 0.1) is 6.92 Å². The Hall–Kier alpha value is -2.54. The molecule has 4 rings (SSSR count). The van der Waals surface area contributed by atoms with Gasteiger partial charge >= 0.3 is 0 Å². The first-order valence-electron chi connectivity index (χ1n) is 8.29. The van der Waals surface area contributed by atoms with Gasteiger partial charge in [0.1, 0.15) is 11.8 Å². The van der Waals surface area contributed by atoms with Crippen molar-refractivity contribution in [3.8, 4) is 5.88 Å². The van der Waals surface area contributed by atoms with Crippen LogP contribution in [0.25, 0.3) is 11.0 Å². The summed E-state index contributed by atoms with van der Waals surface area (Å²) in [4.78, 5) is 27.4. The molecule has 1 saturated heterocycles. The third kappa shape index (κ3) is 3.46. The zero-order chi connectivity index (χ0) is 17.2. The van der Waals surface area contributed by atoms with Crippen LogP contribution in [0.2, 0.25) is 0 Å². The average molecular weight is 354 g/mol. The fraction of sp³-hybridized carbons (Fsp3) is 0.333. The van der Waals surface area contributed by atoms with E-state index in [2.05, 4.69) is 15.0 Å². The number of amides is 1. The molecule has 0 atom stereocenters. The van der Waals surface area contributed by atoms with Crippen molar-refractivity contribution in [1.82, 2.24) is 19.9 Å². The van der Waals surface area contributed by atoms with Gasteiger partial charge in [0.2, 0.25) is 5.88 Å². The number of hydrogen-bond donors (Lipinski definition) is 0.